The van der Waals surface area contributed by atoms with Gasteiger partial charge in [-0.3, -0.25) is 4.79 Å². The van der Waals surface area contributed by atoms with E-state index in [0.717, 1.165) is 12.8 Å². The molecule has 0 rings (SSSR count). The molecule has 0 aromatic rings. The topological polar surface area (TPSA) is 35.5 Å². The van der Waals surface area contributed by atoms with E-state index in [9.17, 15) is 4.79 Å². The Morgan fingerprint density at radius 3 is 2.40 bits per heavy atom. The Balaban J connectivity index is 3.10. The second-order valence-corrected chi connectivity index (χ2v) is 3.81. The number of ketones is 1. The number of methoxy groups -OCH3 is 1. The monoisotopic (exact) mass is 216 g/mol. The van der Waals surface area contributed by atoms with Gasteiger partial charge in [0.15, 0.2) is 5.78 Å². The summed E-state index contributed by atoms with van der Waals surface area (Å²) in [5.74, 6) is 0.183. The molecule has 0 fully saturated rings. The maximum atomic E-state index is 11.2. The molecule has 0 saturated heterocycles. The molecule has 15 heavy (non-hydrogen) atoms. The van der Waals surface area contributed by atoms with E-state index < -0.39 is 0 Å². The van der Waals surface area contributed by atoms with Gasteiger partial charge in [-0.2, -0.15) is 0 Å². The highest BCUT2D eigenvalue weighted by Gasteiger charge is 2.01. The number of rotatable bonds is 11. The molecule has 0 aliphatic heterocycles. The van der Waals surface area contributed by atoms with Crippen molar-refractivity contribution in [1.29, 1.82) is 0 Å². The molecule has 0 aliphatic carbocycles. The summed E-state index contributed by atoms with van der Waals surface area (Å²) in [6, 6.07) is 0. The SMILES string of the molecule is CCCCCCCCC(=O)COCOC. The summed E-state index contributed by atoms with van der Waals surface area (Å²) in [4.78, 5) is 11.2. The van der Waals surface area contributed by atoms with Crippen molar-refractivity contribution in [3.63, 3.8) is 0 Å². The summed E-state index contributed by atoms with van der Waals surface area (Å²) >= 11 is 0. The van der Waals surface area contributed by atoms with Crippen LogP contribution in [0.2, 0.25) is 0 Å². The van der Waals surface area contributed by atoms with Crippen LogP contribution in [0.3, 0.4) is 0 Å². The number of hydrogen-bond donors (Lipinski definition) is 0. The Morgan fingerprint density at radius 2 is 1.73 bits per heavy atom. The molecule has 3 nitrogen and oxygen atoms in total. The number of carbonyl (C=O) groups excluding carboxylic acids is 1. The summed E-state index contributed by atoms with van der Waals surface area (Å²) in [7, 11) is 1.55. The smallest absolute Gasteiger partial charge is 0.158 e. The van der Waals surface area contributed by atoms with Gasteiger partial charge in [-0.05, 0) is 6.42 Å². The van der Waals surface area contributed by atoms with Gasteiger partial charge in [0, 0.05) is 13.5 Å². The first-order valence-electron chi connectivity index (χ1n) is 5.89. The van der Waals surface area contributed by atoms with E-state index in [1.807, 2.05) is 0 Å². The van der Waals surface area contributed by atoms with Gasteiger partial charge in [0.1, 0.15) is 13.4 Å². The normalized spacial score (nSPS) is 10.5. The zero-order valence-corrected chi connectivity index (χ0v) is 10.1. The minimum absolute atomic E-state index is 0.183. The Hall–Kier alpha value is -0.410. The van der Waals surface area contributed by atoms with Gasteiger partial charge in [-0.1, -0.05) is 39.0 Å². The lowest BCUT2D eigenvalue weighted by molar-refractivity contribution is -0.128. The molecule has 0 amide bonds. The lowest BCUT2D eigenvalue weighted by Crippen LogP contribution is -2.09. The fourth-order valence-electron chi connectivity index (χ4n) is 1.41. The zero-order chi connectivity index (χ0) is 11.4. The summed E-state index contributed by atoms with van der Waals surface area (Å²) in [5, 5.41) is 0. The Labute approximate surface area is 93.1 Å². The minimum Gasteiger partial charge on any atom is -0.359 e. The fraction of sp³-hybridized carbons (Fsp3) is 0.917. The van der Waals surface area contributed by atoms with Crippen LogP contribution in [0.4, 0.5) is 0 Å². The van der Waals surface area contributed by atoms with Crippen LogP contribution in [0.15, 0.2) is 0 Å². The van der Waals surface area contributed by atoms with Gasteiger partial charge in [-0.15, -0.1) is 0 Å². The lowest BCUT2D eigenvalue weighted by Gasteiger charge is -2.02. The molecule has 0 spiro atoms. The third-order valence-corrected chi connectivity index (χ3v) is 2.27. The van der Waals surface area contributed by atoms with Crippen LogP contribution in [0.25, 0.3) is 0 Å². The van der Waals surface area contributed by atoms with Crippen LogP contribution in [0.5, 0.6) is 0 Å². The van der Waals surface area contributed by atoms with Crippen molar-refractivity contribution in [2.24, 2.45) is 0 Å². The maximum absolute atomic E-state index is 11.2. The minimum atomic E-state index is 0.183. The van der Waals surface area contributed by atoms with E-state index in [2.05, 4.69) is 11.7 Å². The third-order valence-electron chi connectivity index (χ3n) is 2.27. The van der Waals surface area contributed by atoms with E-state index in [-0.39, 0.29) is 19.2 Å². The molecule has 0 heterocycles. The molecule has 0 radical (unpaired) electrons. The molecule has 0 unspecified atom stereocenters. The van der Waals surface area contributed by atoms with Gasteiger partial charge < -0.3 is 9.47 Å². The largest absolute Gasteiger partial charge is 0.359 e. The van der Waals surface area contributed by atoms with Crippen LogP contribution >= 0.6 is 0 Å². The van der Waals surface area contributed by atoms with Crippen LogP contribution in [-0.4, -0.2) is 26.3 Å². The molecular formula is C12H24O3. The number of ether oxygens (including phenoxy) is 2. The average Bonchev–Trinajstić information content (AvgIpc) is 2.23. The lowest BCUT2D eigenvalue weighted by atomic mass is 10.1. The van der Waals surface area contributed by atoms with Crippen molar-refractivity contribution in [3.8, 4) is 0 Å². The van der Waals surface area contributed by atoms with E-state index in [4.69, 9.17) is 4.74 Å². The first kappa shape index (κ1) is 14.6. The van der Waals surface area contributed by atoms with Crippen molar-refractivity contribution in [2.45, 2.75) is 51.9 Å². The Bertz CT molecular complexity index is 146. The highest BCUT2D eigenvalue weighted by molar-refractivity contribution is 5.79. The second kappa shape index (κ2) is 11.7. The quantitative estimate of drug-likeness (QED) is 0.393. The average molecular weight is 216 g/mol. The molecule has 0 aliphatic rings. The van der Waals surface area contributed by atoms with Gasteiger partial charge in [-0.25, -0.2) is 0 Å². The zero-order valence-electron chi connectivity index (χ0n) is 10.1. The number of Topliss-reactive ketones (excluding diaryl/α,β-unsaturated/α-hetero) is 1. The highest BCUT2D eigenvalue weighted by Crippen LogP contribution is 2.07. The predicted molar refractivity (Wildman–Crippen MR) is 60.8 cm³/mol. The van der Waals surface area contributed by atoms with E-state index >= 15 is 0 Å². The number of unbranched alkanes of at least 4 members (excludes halogenated alkanes) is 5. The molecule has 3 heteroatoms. The highest BCUT2D eigenvalue weighted by atomic mass is 16.7. The van der Waals surface area contributed by atoms with Crippen molar-refractivity contribution in [2.75, 3.05) is 20.5 Å². The Kier molecular flexibility index (Phi) is 11.3. The van der Waals surface area contributed by atoms with Crippen molar-refractivity contribution < 1.29 is 14.3 Å². The molecule has 0 aromatic heterocycles. The van der Waals surface area contributed by atoms with E-state index in [1.165, 1.54) is 25.7 Å². The molecule has 0 aromatic carbocycles. The van der Waals surface area contributed by atoms with Crippen LogP contribution < -0.4 is 0 Å². The van der Waals surface area contributed by atoms with E-state index in [0.29, 0.717) is 6.42 Å². The van der Waals surface area contributed by atoms with Crippen molar-refractivity contribution in [3.05, 3.63) is 0 Å². The predicted octanol–water partition coefficient (Wildman–Crippen LogP) is 2.93. The van der Waals surface area contributed by atoms with Gasteiger partial charge in [0.25, 0.3) is 0 Å². The fourth-order valence-corrected chi connectivity index (χ4v) is 1.41. The third kappa shape index (κ3) is 11.5. The van der Waals surface area contributed by atoms with Crippen LogP contribution in [0, 0.1) is 0 Å². The van der Waals surface area contributed by atoms with Gasteiger partial charge in [0.2, 0.25) is 0 Å². The van der Waals surface area contributed by atoms with Crippen LogP contribution in [-0.2, 0) is 14.3 Å². The molecule has 0 bridgehead atoms. The summed E-state index contributed by atoms with van der Waals surface area (Å²) < 4.78 is 9.66. The molecule has 0 N–H and O–H groups in total. The van der Waals surface area contributed by atoms with Gasteiger partial charge in [0.05, 0.1) is 0 Å². The molecule has 0 atom stereocenters. The molecular weight excluding hydrogens is 192 g/mol. The number of hydrogen-bond acceptors (Lipinski definition) is 3. The Morgan fingerprint density at radius 1 is 1.07 bits per heavy atom. The molecule has 90 valence electrons. The summed E-state index contributed by atoms with van der Waals surface area (Å²) in [6.45, 7) is 2.61. The first-order valence-corrected chi connectivity index (χ1v) is 5.89. The van der Waals surface area contributed by atoms with Gasteiger partial charge >= 0.3 is 0 Å². The van der Waals surface area contributed by atoms with Crippen LogP contribution in [0.1, 0.15) is 51.9 Å². The van der Waals surface area contributed by atoms with E-state index in [1.54, 1.807) is 7.11 Å². The van der Waals surface area contributed by atoms with Crippen molar-refractivity contribution in [1.82, 2.24) is 0 Å². The summed E-state index contributed by atoms with van der Waals surface area (Å²) in [6.07, 6.45) is 7.93. The first-order chi connectivity index (χ1) is 7.31. The summed E-state index contributed by atoms with van der Waals surface area (Å²) in [5.41, 5.74) is 0. The number of carbonyl (C=O) groups is 1. The standard InChI is InChI=1S/C12H24O3/c1-3-4-5-6-7-8-9-12(13)10-15-11-14-2/h3-11H2,1-2H3. The second-order valence-electron chi connectivity index (χ2n) is 3.81. The van der Waals surface area contributed by atoms with Crippen molar-refractivity contribution >= 4 is 5.78 Å². The molecule has 0 saturated carbocycles. The maximum Gasteiger partial charge on any atom is 0.158 e.